The van der Waals surface area contributed by atoms with Crippen LogP contribution in [-0.2, 0) is 20.7 Å². The van der Waals surface area contributed by atoms with Crippen molar-refractivity contribution >= 4 is 23.3 Å². The van der Waals surface area contributed by atoms with E-state index in [1.165, 1.54) is 24.3 Å². The van der Waals surface area contributed by atoms with Gasteiger partial charge in [0.1, 0.15) is 11.6 Å². The van der Waals surface area contributed by atoms with Gasteiger partial charge in [-0.05, 0) is 36.4 Å². The van der Waals surface area contributed by atoms with Crippen molar-refractivity contribution in [2.45, 2.75) is 6.42 Å². The Morgan fingerprint density at radius 3 is 2.42 bits per heavy atom. The van der Waals surface area contributed by atoms with Gasteiger partial charge in [-0.2, -0.15) is 5.10 Å². The van der Waals surface area contributed by atoms with Crippen molar-refractivity contribution in [1.82, 2.24) is 9.78 Å². The number of benzene rings is 3. The highest BCUT2D eigenvalue weighted by atomic mass is 19.1. The van der Waals surface area contributed by atoms with Crippen LogP contribution in [0, 0.1) is 21.7 Å². The average Bonchev–Trinajstić information content (AvgIpc) is 3.28. The first kappa shape index (κ1) is 24.2. The minimum Gasteiger partial charge on any atom is -0.455 e. The smallest absolute Gasteiger partial charge is 0.310 e. The molecular formula is C25H18F2N4O5. The summed E-state index contributed by atoms with van der Waals surface area (Å²) in [6.45, 7) is -0.685. The first-order chi connectivity index (χ1) is 17.3. The standard InChI is InChI=1S/C25H18F2N4O5/c26-18-8-11-22(21(27)13-18)28-23(32)15-36-24(33)12-17-14-30(19-4-2-1-3-5-19)29-25(17)16-6-9-20(10-7-16)31(34)35/h1-11,13-14H,12,15H2,(H,28,32). The highest BCUT2D eigenvalue weighted by Crippen LogP contribution is 2.26. The van der Waals surface area contributed by atoms with E-state index >= 15 is 0 Å². The Hall–Kier alpha value is -4.93. The molecule has 0 saturated heterocycles. The third-order valence-corrected chi connectivity index (χ3v) is 5.07. The molecule has 0 fully saturated rings. The molecule has 0 aliphatic rings. The number of non-ortho nitro benzene ring substituents is 1. The quantitative estimate of drug-likeness (QED) is 0.221. The summed E-state index contributed by atoms with van der Waals surface area (Å²) in [6, 6.07) is 17.5. The first-order valence-electron chi connectivity index (χ1n) is 10.6. The van der Waals surface area contributed by atoms with E-state index in [-0.39, 0.29) is 17.8 Å². The number of halogens is 2. The number of rotatable bonds is 8. The summed E-state index contributed by atoms with van der Waals surface area (Å²) in [5, 5.41) is 17.7. The van der Waals surface area contributed by atoms with Gasteiger partial charge in [0.2, 0.25) is 0 Å². The third kappa shape index (κ3) is 5.76. The van der Waals surface area contributed by atoms with E-state index < -0.39 is 35.0 Å². The molecule has 0 unspecified atom stereocenters. The first-order valence-corrected chi connectivity index (χ1v) is 10.6. The molecule has 4 aromatic rings. The second kappa shape index (κ2) is 10.6. The van der Waals surface area contributed by atoms with Crippen LogP contribution in [0.1, 0.15) is 5.56 Å². The van der Waals surface area contributed by atoms with E-state index in [0.29, 0.717) is 22.9 Å². The molecule has 11 heteroatoms. The Kier molecular flexibility index (Phi) is 7.10. The second-order valence-corrected chi connectivity index (χ2v) is 7.60. The molecule has 36 heavy (non-hydrogen) atoms. The Balaban J connectivity index is 1.49. The minimum atomic E-state index is -0.962. The number of hydrogen-bond acceptors (Lipinski definition) is 6. The molecule has 0 saturated carbocycles. The molecule has 1 amide bonds. The van der Waals surface area contributed by atoms with E-state index in [2.05, 4.69) is 10.4 Å². The van der Waals surface area contributed by atoms with Crippen molar-refractivity contribution in [3.05, 3.63) is 106 Å². The fourth-order valence-corrected chi connectivity index (χ4v) is 3.37. The predicted octanol–water partition coefficient (Wildman–Crippen LogP) is 4.45. The SMILES string of the molecule is O=C(COC(=O)Cc1cn(-c2ccccc2)nc1-c1ccc([N+](=O)[O-])cc1)Nc1ccc(F)cc1F. The lowest BCUT2D eigenvalue weighted by Crippen LogP contribution is -2.22. The van der Waals surface area contributed by atoms with E-state index in [1.54, 1.807) is 10.9 Å². The number of nitrogens with one attached hydrogen (secondary N) is 1. The lowest BCUT2D eigenvalue weighted by Gasteiger charge is -2.08. The highest BCUT2D eigenvalue weighted by molar-refractivity contribution is 5.93. The van der Waals surface area contributed by atoms with Gasteiger partial charge < -0.3 is 10.1 Å². The molecule has 0 aliphatic heterocycles. The summed E-state index contributed by atoms with van der Waals surface area (Å²) in [6.07, 6.45) is 1.37. The number of ether oxygens (including phenoxy) is 1. The number of para-hydroxylation sites is 1. The van der Waals surface area contributed by atoms with Crippen LogP contribution in [0.25, 0.3) is 16.9 Å². The molecular weight excluding hydrogens is 474 g/mol. The zero-order chi connectivity index (χ0) is 25.7. The fourth-order valence-electron chi connectivity index (χ4n) is 3.37. The topological polar surface area (TPSA) is 116 Å². The van der Waals surface area contributed by atoms with Gasteiger partial charge in [0.25, 0.3) is 11.6 Å². The van der Waals surface area contributed by atoms with Gasteiger partial charge in [-0.15, -0.1) is 0 Å². The monoisotopic (exact) mass is 492 g/mol. The van der Waals surface area contributed by atoms with Gasteiger partial charge in [-0.25, -0.2) is 13.5 Å². The summed E-state index contributed by atoms with van der Waals surface area (Å²) in [5.41, 5.74) is 1.79. The van der Waals surface area contributed by atoms with Crippen molar-refractivity contribution in [2.24, 2.45) is 0 Å². The summed E-state index contributed by atoms with van der Waals surface area (Å²) in [4.78, 5) is 35.0. The number of amides is 1. The predicted molar refractivity (Wildman–Crippen MR) is 125 cm³/mol. The largest absolute Gasteiger partial charge is 0.455 e. The van der Waals surface area contributed by atoms with E-state index in [4.69, 9.17) is 4.74 Å². The third-order valence-electron chi connectivity index (χ3n) is 5.07. The van der Waals surface area contributed by atoms with Crippen LogP contribution in [0.2, 0.25) is 0 Å². The van der Waals surface area contributed by atoms with Crippen molar-refractivity contribution in [3.8, 4) is 16.9 Å². The lowest BCUT2D eigenvalue weighted by molar-refractivity contribution is -0.384. The summed E-state index contributed by atoms with van der Waals surface area (Å²) >= 11 is 0. The van der Waals surface area contributed by atoms with Gasteiger partial charge in [0, 0.05) is 35.5 Å². The number of carbonyl (C=O) groups excluding carboxylic acids is 2. The van der Waals surface area contributed by atoms with Crippen LogP contribution in [0.5, 0.6) is 0 Å². The van der Waals surface area contributed by atoms with Crippen LogP contribution in [0.15, 0.2) is 79.0 Å². The molecule has 9 nitrogen and oxygen atoms in total. The van der Waals surface area contributed by atoms with Gasteiger partial charge in [0.05, 0.1) is 28.4 Å². The maximum atomic E-state index is 13.7. The van der Waals surface area contributed by atoms with E-state index in [0.717, 1.165) is 17.8 Å². The molecule has 1 aromatic heterocycles. The minimum absolute atomic E-state index is 0.0918. The molecule has 3 aromatic carbocycles. The Bertz CT molecular complexity index is 1420. The second-order valence-electron chi connectivity index (χ2n) is 7.60. The van der Waals surface area contributed by atoms with Crippen molar-refractivity contribution < 1.29 is 28.0 Å². The van der Waals surface area contributed by atoms with Crippen molar-refractivity contribution in [2.75, 3.05) is 11.9 Å². The van der Waals surface area contributed by atoms with Crippen molar-refractivity contribution in [3.63, 3.8) is 0 Å². The molecule has 0 radical (unpaired) electrons. The zero-order valence-corrected chi connectivity index (χ0v) is 18.6. The summed E-state index contributed by atoms with van der Waals surface area (Å²) in [5.74, 6) is -3.31. The van der Waals surface area contributed by atoms with Crippen LogP contribution in [0.4, 0.5) is 20.2 Å². The number of nitrogens with zero attached hydrogens (tertiary/aromatic N) is 3. The number of esters is 1. The van der Waals surface area contributed by atoms with E-state index in [9.17, 15) is 28.5 Å². The highest BCUT2D eigenvalue weighted by Gasteiger charge is 2.18. The molecule has 0 bridgehead atoms. The number of aromatic nitrogens is 2. The summed E-state index contributed by atoms with van der Waals surface area (Å²) in [7, 11) is 0. The van der Waals surface area contributed by atoms with Gasteiger partial charge in [-0.3, -0.25) is 19.7 Å². The summed E-state index contributed by atoms with van der Waals surface area (Å²) < 4.78 is 33.3. The number of hydrogen-bond donors (Lipinski definition) is 1. The number of anilines is 1. The van der Waals surface area contributed by atoms with Gasteiger partial charge >= 0.3 is 5.97 Å². The number of nitro benzene ring substituents is 1. The van der Waals surface area contributed by atoms with Crippen LogP contribution in [0.3, 0.4) is 0 Å². The maximum absolute atomic E-state index is 13.7. The van der Waals surface area contributed by atoms with Crippen LogP contribution in [-0.4, -0.2) is 33.2 Å². The molecule has 0 spiro atoms. The molecule has 4 rings (SSSR count). The average molecular weight is 492 g/mol. The molecule has 1 heterocycles. The number of nitro groups is 1. The van der Waals surface area contributed by atoms with Crippen LogP contribution < -0.4 is 5.32 Å². The van der Waals surface area contributed by atoms with Gasteiger partial charge in [-0.1, -0.05) is 18.2 Å². The number of carbonyl (C=O) groups is 2. The van der Waals surface area contributed by atoms with E-state index in [1.807, 2.05) is 30.3 Å². The Morgan fingerprint density at radius 1 is 1.03 bits per heavy atom. The van der Waals surface area contributed by atoms with Crippen LogP contribution >= 0.6 is 0 Å². The normalized spacial score (nSPS) is 10.6. The lowest BCUT2D eigenvalue weighted by atomic mass is 10.1. The molecule has 182 valence electrons. The zero-order valence-electron chi connectivity index (χ0n) is 18.6. The molecule has 0 aliphatic carbocycles. The fraction of sp³-hybridized carbons (Fsp3) is 0.0800. The molecule has 1 N–H and O–H groups in total. The Morgan fingerprint density at radius 2 is 1.75 bits per heavy atom. The van der Waals surface area contributed by atoms with Gasteiger partial charge in [0.15, 0.2) is 6.61 Å². The maximum Gasteiger partial charge on any atom is 0.310 e. The molecule has 0 atom stereocenters. The van der Waals surface area contributed by atoms with Crippen molar-refractivity contribution in [1.29, 1.82) is 0 Å². The Labute approximate surface area is 203 Å².